The summed E-state index contributed by atoms with van der Waals surface area (Å²) in [4.78, 5) is 11.6. The van der Waals surface area contributed by atoms with Crippen LogP contribution in [0.5, 0.6) is 34.5 Å². The van der Waals surface area contributed by atoms with Crippen molar-refractivity contribution in [1.29, 1.82) is 0 Å². The van der Waals surface area contributed by atoms with Crippen molar-refractivity contribution in [1.82, 2.24) is 0 Å². The molecule has 2 heterocycles. The van der Waals surface area contributed by atoms with Gasteiger partial charge in [-0.25, -0.2) is 0 Å². The number of methoxy groups -OCH3 is 2. The fraction of sp³-hybridized carbons (Fsp3) is 0.518. The molecule has 0 radical (unpaired) electrons. The molecule has 0 fully saturated rings. The van der Waals surface area contributed by atoms with Gasteiger partial charge in [0, 0.05) is 55.4 Å². The highest BCUT2D eigenvalue weighted by atomic mass is 19.4. The second kappa shape index (κ2) is 26.2. The van der Waals surface area contributed by atoms with Gasteiger partial charge < -0.3 is 43.7 Å². The van der Waals surface area contributed by atoms with Crippen molar-refractivity contribution in [3.63, 3.8) is 0 Å². The number of allylic oxidation sites excluding steroid dienone is 1. The third-order valence-electron chi connectivity index (χ3n) is 14.1. The van der Waals surface area contributed by atoms with Crippen molar-refractivity contribution in [2.24, 2.45) is 5.92 Å². The maximum Gasteiger partial charge on any atom is 0.453 e. The number of alkyl halides is 5. The first-order valence-corrected chi connectivity index (χ1v) is 24.5. The van der Waals surface area contributed by atoms with Gasteiger partial charge in [-0.3, -0.25) is 4.79 Å². The van der Waals surface area contributed by atoms with Gasteiger partial charge in [-0.2, -0.15) is 22.0 Å². The summed E-state index contributed by atoms with van der Waals surface area (Å²) >= 11 is 0. The van der Waals surface area contributed by atoms with Crippen molar-refractivity contribution >= 4 is 5.97 Å². The number of aliphatic carboxylic acids is 1. The van der Waals surface area contributed by atoms with Gasteiger partial charge in [-0.15, -0.1) is 6.58 Å². The minimum atomic E-state index is -5.55. The molecule has 0 bridgehead atoms. The van der Waals surface area contributed by atoms with Gasteiger partial charge >= 0.3 is 18.1 Å². The maximum atomic E-state index is 13.0. The fourth-order valence-electron chi connectivity index (χ4n) is 9.81. The fourth-order valence-corrected chi connectivity index (χ4v) is 9.81. The number of hydrogen-bond acceptors (Lipinski definition) is 9. The molecular weight excluding hydrogens is 928 g/mol. The second-order valence-corrected chi connectivity index (χ2v) is 19.2. The lowest BCUT2D eigenvalue weighted by Crippen LogP contribution is -2.40. The van der Waals surface area contributed by atoms with Crippen molar-refractivity contribution in [2.45, 2.75) is 139 Å². The van der Waals surface area contributed by atoms with Crippen LogP contribution in [-0.4, -0.2) is 74.4 Å². The van der Waals surface area contributed by atoms with Crippen LogP contribution in [0.2, 0.25) is 0 Å². The number of carbonyl (C=O) groups is 1. The Bertz CT molecular complexity index is 2270. The molecule has 0 spiro atoms. The highest BCUT2D eigenvalue weighted by Crippen LogP contribution is 2.51. The number of carboxylic acid groups (broad SMARTS) is 1. The molecule has 0 saturated heterocycles. The van der Waals surface area contributed by atoms with E-state index in [-0.39, 0.29) is 67.0 Å². The number of aromatic hydroxyl groups is 2. The van der Waals surface area contributed by atoms with E-state index >= 15 is 0 Å². The molecule has 3 N–H and O–H groups in total. The third kappa shape index (κ3) is 15.2. The van der Waals surface area contributed by atoms with Gasteiger partial charge in [0.25, 0.3) is 0 Å². The standard InChI is InChI=1S/C33H43F5O5.C23H28O5/c1-31(24-14-16-25(39)17-15-24)22-43-29-21-26(40)18-19-27(29)28(31)13-9-5-3-2-4-7-11-23(30(41)42)12-8-6-10-20-32(34,35)33(36,37)38;1-5-6-21-20-12-11-19(28-16-25-4)13-22(20)26-14-23(21,2)17-7-9-18(10-8-17)27-15-24-3/h14-19,21,23,28,39-40H,2-13,20,22H2,1H3,(H,41,42);5,7-13,21H,1,6,14-16H2,2-4H3/t23?,28-,31-;21-,23-/m11/s1. The highest BCUT2D eigenvalue weighted by molar-refractivity contribution is 5.69. The van der Waals surface area contributed by atoms with Crippen LogP contribution in [0.1, 0.15) is 138 Å². The van der Waals surface area contributed by atoms with E-state index in [1.54, 1.807) is 38.5 Å². The monoisotopic (exact) mass is 998 g/mol. The zero-order chi connectivity index (χ0) is 51.7. The minimum Gasteiger partial charge on any atom is -0.508 e. The number of halogens is 5. The molecule has 0 aromatic heterocycles. The third-order valence-corrected chi connectivity index (χ3v) is 14.1. The number of carboxylic acids is 1. The van der Waals surface area contributed by atoms with Crippen LogP contribution in [0.4, 0.5) is 22.0 Å². The first-order valence-electron chi connectivity index (χ1n) is 24.5. The SMILES string of the molecule is C=CC[C@@H]1c2ccc(OCOC)cc2OC[C@]1(C)c1ccc(OCOC)cc1.C[C@]1(c2ccc(O)cc2)COc2cc(O)ccc2[C@H]1CCCCCCCCC(CCCCCC(F)(F)C(F)(F)F)C(=O)O. The summed E-state index contributed by atoms with van der Waals surface area (Å²) in [5.41, 5.74) is 3.99. The van der Waals surface area contributed by atoms with E-state index in [0.29, 0.717) is 31.8 Å². The van der Waals surface area contributed by atoms with Crippen LogP contribution in [0.25, 0.3) is 0 Å². The minimum absolute atomic E-state index is 0.139. The molecule has 0 aliphatic carbocycles. The molecule has 2 aliphatic heterocycles. The average Bonchev–Trinajstić information content (AvgIpc) is 3.34. The van der Waals surface area contributed by atoms with Gasteiger partial charge in [0.15, 0.2) is 13.6 Å². The zero-order valence-electron chi connectivity index (χ0n) is 41.4. The number of hydrogen-bond donors (Lipinski definition) is 3. The predicted octanol–water partition coefficient (Wildman–Crippen LogP) is 14.2. The molecular formula is C56H71F5O10. The Morgan fingerprint density at radius 2 is 1.15 bits per heavy atom. The van der Waals surface area contributed by atoms with Crippen LogP contribution in [0.3, 0.4) is 0 Å². The summed E-state index contributed by atoms with van der Waals surface area (Å²) in [6, 6.07) is 26.6. The van der Waals surface area contributed by atoms with E-state index in [1.165, 1.54) is 5.56 Å². The molecule has 71 heavy (non-hydrogen) atoms. The van der Waals surface area contributed by atoms with Crippen LogP contribution in [0, 0.1) is 5.92 Å². The Labute approximate surface area is 415 Å². The van der Waals surface area contributed by atoms with Crippen LogP contribution in [-0.2, 0) is 25.1 Å². The van der Waals surface area contributed by atoms with Gasteiger partial charge in [0.05, 0.1) is 19.1 Å². The number of ether oxygens (including phenoxy) is 6. The molecule has 5 atom stereocenters. The summed E-state index contributed by atoms with van der Waals surface area (Å²) < 4.78 is 96.0. The predicted molar refractivity (Wildman–Crippen MR) is 262 cm³/mol. The topological polar surface area (TPSA) is 133 Å². The van der Waals surface area contributed by atoms with E-state index in [2.05, 4.69) is 38.6 Å². The van der Waals surface area contributed by atoms with Gasteiger partial charge in [-0.1, -0.05) is 108 Å². The molecule has 6 rings (SSSR count). The lowest BCUT2D eigenvalue weighted by molar-refractivity contribution is -0.284. The molecule has 15 heteroatoms. The molecule has 10 nitrogen and oxygen atoms in total. The molecule has 0 saturated carbocycles. The lowest BCUT2D eigenvalue weighted by atomic mass is 9.66. The maximum absolute atomic E-state index is 13.0. The number of unbranched alkanes of at least 4 members (excludes halogenated alkanes) is 7. The first kappa shape index (κ1) is 56.4. The smallest absolute Gasteiger partial charge is 0.453 e. The lowest BCUT2D eigenvalue weighted by Gasteiger charge is -2.43. The first-order chi connectivity index (χ1) is 33.9. The molecule has 4 aromatic rings. The quantitative estimate of drug-likeness (QED) is 0.0242. The largest absolute Gasteiger partial charge is 0.508 e. The van der Waals surface area contributed by atoms with Gasteiger partial charge in [0.1, 0.15) is 34.5 Å². The van der Waals surface area contributed by atoms with Gasteiger partial charge in [0.2, 0.25) is 0 Å². The summed E-state index contributed by atoms with van der Waals surface area (Å²) in [6.45, 7) is 9.85. The Morgan fingerprint density at radius 3 is 1.73 bits per heavy atom. The van der Waals surface area contributed by atoms with Crippen molar-refractivity contribution in [2.75, 3.05) is 41.0 Å². The molecule has 4 aromatic carbocycles. The van der Waals surface area contributed by atoms with E-state index < -0.39 is 30.4 Å². The summed E-state index contributed by atoms with van der Waals surface area (Å²) in [5, 5.41) is 29.2. The van der Waals surface area contributed by atoms with E-state index in [4.69, 9.17) is 28.4 Å². The Kier molecular flexibility index (Phi) is 20.8. The highest BCUT2D eigenvalue weighted by Gasteiger charge is 2.56. The summed E-state index contributed by atoms with van der Waals surface area (Å²) in [6.07, 6.45) is 3.32. The van der Waals surface area contributed by atoms with Crippen molar-refractivity contribution in [3.05, 3.63) is 120 Å². The number of benzene rings is 4. The van der Waals surface area contributed by atoms with E-state index in [9.17, 15) is 42.1 Å². The molecule has 1 unspecified atom stereocenters. The van der Waals surface area contributed by atoms with Crippen LogP contribution >= 0.6 is 0 Å². The Hall–Kier alpha value is -5.54. The van der Waals surface area contributed by atoms with Crippen molar-refractivity contribution < 1.29 is 70.5 Å². The number of rotatable bonds is 26. The number of phenolic OH excluding ortho intramolecular Hbond substituents is 2. The number of fused-ring (bicyclic) bond motifs is 2. The van der Waals surface area contributed by atoms with Crippen molar-refractivity contribution in [3.8, 4) is 34.5 Å². The molecule has 0 amide bonds. The molecule has 390 valence electrons. The normalized spacial score (nSPS) is 20.0. The second-order valence-electron chi connectivity index (χ2n) is 19.2. The Morgan fingerprint density at radius 1 is 0.676 bits per heavy atom. The van der Waals surface area contributed by atoms with Crippen LogP contribution < -0.4 is 18.9 Å². The Balaban J connectivity index is 0.000000288. The van der Waals surface area contributed by atoms with E-state index in [0.717, 1.165) is 85.3 Å². The average molecular weight is 999 g/mol. The zero-order valence-corrected chi connectivity index (χ0v) is 41.4. The van der Waals surface area contributed by atoms with Gasteiger partial charge in [-0.05, 0) is 90.8 Å². The van der Waals surface area contributed by atoms with E-state index in [1.807, 2.05) is 48.5 Å². The van der Waals surface area contributed by atoms with Crippen LogP contribution in [0.15, 0.2) is 97.6 Å². The summed E-state index contributed by atoms with van der Waals surface area (Å²) in [5.74, 6) is -2.46. The molecule has 2 aliphatic rings. The summed E-state index contributed by atoms with van der Waals surface area (Å²) in [7, 11) is 3.21. The number of phenols is 2.